The molecular formula is C14H18N2O3. The van der Waals surface area contributed by atoms with Crippen LogP contribution in [0.5, 0.6) is 0 Å². The number of Topliss-reactive ketones (excluding diaryl/α,β-unsaturated/α-hetero) is 1. The van der Waals surface area contributed by atoms with Gasteiger partial charge >= 0.3 is 6.03 Å². The molecule has 19 heavy (non-hydrogen) atoms. The summed E-state index contributed by atoms with van der Waals surface area (Å²) in [4.78, 5) is 23.3. The first-order chi connectivity index (χ1) is 9.20. The Morgan fingerprint density at radius 1 is 1.26 bits per heavy atom. The van der Waals surface area contributed by atoms with Crippen molar-refractivity contribution in [2.24, 2.45) is 5.92 Å². The summed E-state index contributed by atoms with van der Waals surface area (Å²) in [6.07, 6.45) is 2.00. The summed E-state index contributed by atoms with van der Waals surface area (Å²) in [6.45, 7) is 0.933. The highest BCUT2D eigenvalue weighted by Crippen LogP contribution is 2.32. The van der Waals surface area contributed by atoms with Crippen LogP contribution in [-0.4, -0.2) is 32.1 Å². The van der Waals surface area contributed by atoms with Gasteiger partial charge in [-0.05, 0) is 37.1 Å². The van der Waals surface area contributed by atoms with Crippen molar-refractivity contribution in [1.29, 1.82) is 0 Å². The SMILES string of the molecule is COCCNC(=O)Nc1ccc(C(=O)C2CC2)cc1. The largest absolute Gasteiger partial charge is 0.383 e. The minimum absolute atomic E-state index is 0.205. The number of ketones is 1. The number of nitrogens with one attached hydrogen (secondary N) is 2. The molecule has 0 spiro atoms. The normalized spacial score (nSPS) is 13.9. The van der Waals surface area contributed by atoms with Crippen LogP contribution in [0.2, 0.25) is 0 Å². The van der Waals surface area contributed by atoms with Crippen LogP contribution in [0.1, 0.15) is 23.2 Å². The highest BCUT2D eigenvalue weighted by Gasteiger charge is 2.30. The zero-order valence-corrected chi connectivity index (χ0v) is 10.9. The molecule has 1 aliphatic rings. The van der Waals surface area contributed by atoms with Crippen LogP contribution >= 0.6 is 0 Å². The van der Waals surface area contributed by atoms with Gasteiger partial charge in [0.05, 0.1) is 6.61 Å². The van der Waals surface area contributed by atoms with E-state index >= 15 is 0 Å². The third kappa shape index (κ3) is 4.06. The minimum atomic E-state index is -0.279. The van der Waals surface area contributed by atoms with E-state index in [1.165, 1.54) is 0 Å². The van der Waals surface area contributed by atoms with Crippen LogP contribution in [0.15, 0.2) is 24.3 Å². The average molecular weight is 262 g/mol. The number of benzene rings is 1. The number of rotatable bonds is 6. The molecular weight excluding hydrogens is 244 g/mol. The predicted octanol–water partition coefficient (Wildman–Crippen LogP) is 2.05. The van der Waals surface area contributed by atoms with E-state index in [4.69, 9.17) is 4.74 Å². The molecule has 0 heterocycles. The lowest BCUT2D eigenvalue weighted by molar-refractivity contribution is 0.0967. The summed E-state index contributed by atoms with van der Waals surface area (Å²) < 4.78 is 4.83. The van der Waals surface area contributed by atoms with E-state index in [1.54, 1.807) is 31.4 Å². The van der Waals surface area contributed by atoms with Gasteiger partial charge in [0.1, 0.15) is 0 Å². The molecule has 0 radical (unpaired) electrons. The molecule has 1 fully saturated rings. The monoisotopic (exact) mass is 262 g/mol. The molecule has 0 aromatic heterocycles. The summed E-state index contributed by atoms with van der Waals surface area (Å²) >= 11 is 0. The molecule has 0 atom stereocenters. The molecule has 102 valence electrons. The first kappa shape index (κ1) is 13.5. The van der Waals surface area contributed by atoms with Crippen LogP contribution < -0.4 is 10.6 Å². The van der Waals surface area contributed by atoms with Crippen LogP contribution in [0.3, 0.4) is 0 Å². The average Bonchev–Trinajstić information content (AvgIpc) is 3.23. The Balaban J connectivity index is 1.84. The Labute approximate surface area is 112 Å². The summed E-state index contributed by atoms with van der Waals surface area (Å²) in [5, 5.41) is 5.35. The van der Waals surface area contributed by atoms with Crippen molar-refractivity contribution in [2.75, 3.05) is 25.6 Å². The van der Waals surface area contributed by atoms with Crippen molar-refractivity contribution < 1.29 is 14.3 Å². The molecule has 1 saturated carbocycles. The number of carbonyl (C=O) groups is 2. The number of anilines is 1. The van der Waals surface area contributed by atoms with Gasteiger partial charge in [-0.15, -0.1) is 0 Å². The van der Waals surface area contributed by atoms with Gasteiger partial charge in [-0.1, -0.05) is 0 Å². The van der Waals surface area contributed by atoms with Gasteiger partial charge in [0, 0.05) is 30.8 Å². The number of carbonyl (C=O) groups excluding carboxylic acids is 2. The first-order valence-electron chi connectivity index (χ1n) is 6.39. The minimum Gasteiger partial charge on any atom is -0.383 e. The third-order valence-electron chi connectivity index (χ3n) is 2.97. The second kappa shape index (κ2) is 6.33. The Kier molecular flexibility index (Phi) is 4.52. The lowest BCUT2D eigenvalue weighted by Crippen LogP contribution is -2.31. The second-order valence-electron chi connectivity index (χ2n) is 4.59. The maximum atomic E-state index is 11.8. The van der Waals surface area contributed by atoms with Crippen molar-refractivity contribution in [3.05, 3.63) is 29.8 Å². The number of hydrogen-bond donors (Lipinski definition) is 2. The van der Waals surface area contributed by atoms with E-state index in [-0.39, 0.29) is 17.7 Å². The molecule has 0 bridgehead atoms. The van der Waals surface area contributed by atoms with Crippen LogP contribution in [0.25, 0.3) is 0 Å². The molecule has 0 saturated heterocycles. The van der Waals surface area contributed by atoms with Gasteiger partial charge in [0.2, 0.25) is 0 Å². The van der Waals surface area contributed by atoms with E-state index in [2.05, 4.69) is 10.6 Å². The fraction of sp³-hybridized carbons (Fsp3) is 0.429. The second-order valence-corrected chi connectivity index (χ2v) is 4.59. The molecule has 0 aliphatic heterocycles. The summed E-state index contributed by atoms with van der Waals surface area (Å²) in [6, 6.07) is 6.71. The fourth-order valence-corrected chi connectivity index (χ4v) is 1.74. The van der Waals surface area contributed by atoms with Crippen molar-refractivity contribution in [3.8, 4) is 0 Å². The maximum absolute atomic E-state index is 11.8. The van der Waals surface area contributed by atoms with Crippen molar-refractivity contribution in [1.82, 2.24) is 5.32 Å². The summed E-state index contributed by atoms with van der Waals surface area (Å²) in [5.41, 5.74) is 1.38. The lowest BCUT2D eigenvalue weighted by Gasteiger charge is -2.07. The Morgan fingerprint density at radius 3 is 2.53 bits per heavy atom. The van der Waals surface area contributed by atoms with Crippen molar-refractivity contribution in [3.63, 3.8) is 0 Å². The van der Waals surface area contributed by atoms with Crippen LogP contribution in [-0.2, 0) is 4.74 Å². The third-order valence-corrected chi connectivity index (χ3v) is 2.97. The highest BCUT2D eigenvalue weighted by molar-refractivity contribution is 5.99. The predicted molar refractivity (Wildman–Crippen MR) is 72.4 cm³/mol. The van der Waals surface area contributed by atoms with Gasteiger partial charge in [-0.3, -0.25) is 4.79 Å². The smallest absolute Gasteiger partial charge is 0.319 e. The quantitative estimate of drug-likeness (QED) is 0.609. The van der Waals surface area contributed by atoms with Crippen LogP contribution in [0, 0.1) is 5.92 Å². The number of ether oxygens (including phenoxy) is 1. The molecule has 2 N–H and O–H groups in total. The van der Waals surface area contributed by atoms with Gasteiger partial charge < -0.3 is 15.4 Å². The molecule has 1 aromatic rings. The maximum Gasteiger partial charge on any atom is 0.319 e. The molecule has 2 rings (SSSR count). The molecule has 0 unspecified atom stereocenters. The van der Waals surface area contributed by atoms with Gasteiger partial charge in [0.25, 0.3) is 0 Å². The van der Waals surface area contributed by atoms with Crippen molar-refractivity contribution >= 4 is 17.5 Å². The van der Waals surface area contributed by atoms with E-state index in [0.29, 0.717) is 24.4 Å². The van der Waals surface area contributed by atoms with Gasteiger partial charge in [0.15, 0.2) is 5.78 Å². The van der Waals surface area contributed by atoms with Crippen LogP contribution in [0.4, 0.5) is 10.5 Å². The Hall–Kier alpha value is -1.88. The van der Waals surface area contributed by atoms with Gasteiger partial charge in [-0.25, -0.2) is 4.79 Å². The molecule has 1 aliphatic carbocycles. The van der Waals surface area contributed by atoms with E-state index in [0.717, 1.165) is 12.8 Å². The highest BCUT2D eigenvalue weighted by atomic mass is 16.5. The van der Waals surface area contributed by atoms with Gasteiger partial charge in [-0.2, -0.15) is 0 Å². The topological polar surface area (TPSA) is 67.4 Å². The molecule has 5 nitrogen and oxygen atoms in total. The molecule has 2 amide bonds. The number of methoxy groups -OCH3 is 1. The summed E-state index contributed by atoms with van der Waals surface area (Å²) in [7, 11) is 1.58. The summed E-state index contributed by atoms with van der Waals surface area (Å²) in [5.74, 6) is 0.423. The fourth-order valence-electron chi connectivity index (χ4n) is 1.74. The number of hydrogen-bond acceptors (Lipinski definition) is 3. The molecule has 5 heteroatoms. The van der Waals surface area contributed by atoms with E-state index in [1.807, 2.05) is 0 Å². The van der Waals surface area contributed by atoms with E-state index in [9.17, 15) is 9.59 Å². The Morgan fingerprint density at radius 2 is 1.95 bits per heavy atom. The number of urea groups is 1. The first-order valence-corrected chi connectivity index (χ1v) is 6.39. The zero-order chi connectivity index (χ0) is 13.7. The standard InChI is InChI=1S/C14H18N2O3/c1-19-9-8-15-14(18)16-12-6-4-11(5-7-12)13(17)10-2-3-10/h4-7,10H,2-3,8-9H2,1H3,(H2,15,16,18). The zero-order valence-electron chi connectivity index (χ0n) is 10.9. The lowest BCUT2D eigenvalue weighted by atomic mass is 10.1. The Bertz CT molecular complexity index is 452. The molecule has 1 aromatic carbocycles. The van der Waals surface area contributed by atoms with Crippen molar-refractivity contribution in [2.45, 2.75) is 12.8 Å². The van der Waals surface area contributed by atoms with E-state index < -0.39 is 0 Å². The number of amides is 2.